The summed E-state index contributed by atoms with van der Waals surface area (Å²) in [7, 11) is 0. The Hall–Kier alpha value is -1.46. The van der Waals surface area contributed by atoms with Gasteiger partial charge < -0.3 is 11.1 Å². The molecular formula is C9H11F2N3O. The van der Waals surface area contributed by atoms with Crippen molar-refractivity contribution >= 4 is 11.7 Å². The van der Waals surface area contributed by atoms with Gasteiger partial charge in [-0.2, -0.15) is 8.78 Å². The summed E-state index contributed by atoms with van der Waals surface area (Å²) >= 11 is 0. The van der Waals surface area contributed by atoms with Crippen LogP contribution in [0, 0.1) is 17.2 Å². The molecule has 1 fully saturated rings. The number of halogens is 2. The summed E-state index contributed by atoms with van der Waals surface area (Å²) in [6.45, 7) is 1.22. The van der Waals surface area contributed by atoms with Crippen molar-refractivity contribution in [3.63, 3.8) is 0 Å². The highest BCUT2D eigenvalue weighted by Crippen LogP contribution is 2.61. The first-order valence-electron chi connectivity index (χ1n) is 4.60. The van der Waals surface area contributed by atoms with Gasteiger partial charge in [-0.25, -0.2) is 0 Å². The number of nitrogens with one attached hydrogen (secondary N) is 2. The average Bonchev–Trinajstić information content (AvgIpc) is 2.79. The number of carbonyl (C=O) groups excluding carboxylic acids is 1. The highest BCUT2D eigenvalue weighted by molar-refractivity contribution is 6.07. The first-order valence-corrected chi connectivity index (χ1v) is 4.60. The molecule has 15 heavy (non-hydrogen) atoms. The van der Waals surface area contributed by atoms with Crippen LogP contribution in [0.3, 0.4) is 0 Å². The third kappa shape index (κ3) is 1.32. The molecule has 0 aromatic heterocycles. The summed E-state index contributed by atoms with van der Waals surface area (Å²) < 4.78 is 26.7. The zero-order chi connectivity index (χ0) is 11.4. The number of carbonyl (C=O) groups is 1. The van der Waals surface area contributed by atoms with Gasteiger partial charge in [-0.15, -0.1) is 0 Å². The summed E-state index contributed by atoms with van der Waals surface area (Å²) in [5.74, 6) is -4.86. The predicted octanol–water partition coefficient (Wildman–Crippen LogP) is 0.598. The van der Waals surface area contributed by atoms with Crippen LogP contribution in [0.4, 0.5) is 8.78 Å². The summed E-state index contributed by atoms with van der Waals surface area (Å²) in [4.78, 5) is 10.7. The van der Waals surface area contributed by atoms with Gasteiger partial charge in [0.2, 0.25) is 5.91 Å². The molecule has 1 saturated carbocycles. The zero-order valence-corrected chi connectivity index (χ0v) is 8.10. The molecule has 4 nitrogen and oxygen atoms in total. The number of nitrogens with two attached hydrogens (primary N) is 1. The van der Waals surface area contributed by atoms with E-state index in [-0.39, 0.29) is 17.3 Å². The maximum absolute atomic E-state index is 13.3. The van der Waals surface area contributed by atoms with Crippen LogP contribution < -0.4 is 11.1 Å². The van der Waals surface area contributed by atoms with Crippen LogP contribution in [-0.4, -0.2) is 17.7 Å². The number of alkyl halides is 2. The lowest BCUT2D eigenvalue weighted by Crippen LogP contribution is -2.32. The maximum Gasteiger partial charge on any atom is 0.290 e. The van der Waals surface area contributed by atoms with Gasteiger partial charge in [0.1, 0.15) is 5.84 Å². The fourth-order valence-corrected chi connectivity index (χ4v) is 2.06. The second-order valence-electron chi connectivity index (χ2n) is 3.96. The van der Waals surface area contributed by atoms with Gasteiger partial charge in [-0.05, 0) is 12.3 Å². The Labute approximate surface area is 85.0 Å². The molecule has 2 aliphatic carbocycles. The molecule has 1 amide bonds. The van der Waals surface area contributed by atoms with Crippen molar-refractivity contribution in [3.8, 4) is 0 Å². The van der Waals surface area contributed by atoms with Crippen LogP contribution in [0.25, 0.3) is 0 Å². The first-order chi connectivity index (χ1) is 6.85. The van der Waals surface area contributed by atoms with Gasteiger partial charge >= 0.3 is 0 Å². The Bertz CT molecular complexity index is 389. The van der Waals surface area contributed by atoms with Crippen molar-refractivity contribution in [2.24, 2.45) is 17.6 Å². The van der Waals surface area contributed by atoms with Crippen molar-refractivity contribution in [1.82, 2.24) is 5.32 Å². The van der Waals surface area contributed by atoms with Crippen molar-refractivity contribution in [3.05, 3.63) is 11.3 Å². The number of hydrogen-bond donors (Lipinski definition) is 3. The van der Waals surface area contributed by atoms with Gasteiger partial charge in [0.05, 0.1) is 5.70 Å². The molecule has 0 aromatic carbocycles. The molecule has 2 atom stereocenters. The summed E-state index contributed by atoms with van der Waals surface area (Å²) in [6.07, 6.45) is 0.352. The predicted molar refractivity (Wildman–Crippen MR) is 49.3 cm³/mol. The van der Waals surface area contributed by atoms with Gasteiger partial charge in [0.15, 0.2) is 0 Å². The van der Waals surface area contributed by atoms with Crippen LogP contribution in [0.5, 0.6) is 0 Å². The van der Waals surface area contributed by atoms with Crippen molar-refractivity contribution in [2.75, 3.05) is 0 Å². The minimum atomic E-state index is -3.01. The molecule has 0 bridgehead atoms. The minimum Gasteiger partial charge on any atom is -0.397 e. The van der Waals surface area contributed by atoms with E-state index in [1.165, 1.54) is 6.92 Å². The summed E-state index contributed by atoms with van der Waals surface area (Å²) in [5.41, 5.74) is 4.85. The lowest BCUT2D eigenvalue weighted by molar-refractivity contribution is -0.117. The van der Waals surface area contributed by atoms with Crippen LogP contribution in [0.2, 0.25) is 0 Å². The number of fused-ring (bicyclic) bond motifs is 1. The molecular weight excluding hydrogens is 204 g/mol. The fourth-order valence-electron chi connectivity index (χ4n) is 2.06. The smallest absolute Gasteiger partial charge is 0.290 e. The molecule has 0 heterocycles. The third-order valence-corrected chi connectivity index (χ3v) is 2.85. The Balaban J connectivity index is 2.26. The Morgan fingerprint density at radius 2 is 2.27 bits per heavy atom. The van der Waals surface area contributed by atoms with E-state index in [0.29, 0.717) is 6.42 Å². The molecule has 0 spiro atoms. The Morgan fingerprint density at radius 3 is 2.67 bits per heavy atom. The topological polar surface area (TPSA) is 79.0 Å². The van der Waals surface area contributed by atoms with Crippen molar-refractivity contribution < 1.29 is 13.6 Å². The molecule has 1 unspecified atom stereocenters. The lowest BCUT2D eigenvalue weighted by Gasteiger charge is -2.14. The Morgan fingerprint density at radius 1 is 1.67 bits per heavy atom. The van der Waals surface area contributed by atoms with E-state index in [1.54, 1.807) is 0 Å². The number of allylic oxidation sites excluding steroid dienone is 1. The lowest BCUT2D eigenvalue weighted by atomic mass is 10.1. The molecule has 2 rings (SSSR count). The molecule has 82 valence electrons. The average molecular weight is 215 g/mol. The minimum absolute atomic E-state index is 0.111. The van der Waals surface area contributed by atoms with Gasteiger partial charge in [-0.1, -0.05) is 0 Å². The van der Waals surface area contributed by atoms with Crippen molar-refractivity contribution in [2.45, 2.75) is 19.3 Å². The molecule has 2 aliphatic rings. The van der Waals surface area contributed by atoms with Crippen LogP contribution in [-0.2, 0) is 4.79 Å². The molecule has 4 N–H and O–H groups in total. The maximum atomic E-state index is 13.3. The summed E-state index contributed by atoms with van der Waals surface area (Å²) in [6, 6.07) is 0. The van der Waals surface area contributed by atoms with E-state index in [2.05, 4.69) is 5.32 Å². The highest BCUT2D eigenvalue weighted by Gasteiger charge is 2.65. The molecule has 6 heteroatoms. The van der Waals surface area contributed by atoms with E-state index in [1.807, 2.05) is 0 Å². The van der Waals surface area contributed by atoms with Crippen molar-refractivity contribution in [1.29, 1.82) is 5.41 Å². The monoisotopic (exact) mass is 215 g/mol. The zero-order valence-electron chi connectivity index (χ0n) is 8.10. The van der Waals surface area contributed by atoms with Gasteiger partial charge in [0, 0.05) is 18.4 Å². The van der Waals surface area contributed by atoms with Crippen LogP contribution in [0.1, 0.15) is 13.3 Å². The SMILES string of the molecule is CC(=O)NC(=N)C1=C(N)C(F)(F)C2C[C@H]12. The van der Waals surface area contributed by atoms with Gasteiger partial charge in [0.25, 0.3) is 5.92 Å². The molecule has 0 saturated heterocycles. The molecule has 0 aromatic rings. The number of amides is 1. The second-order valence-corrected chi connectivity index (χ2v) is 3.96. The largest absolute Gasteiger partial charge is 0.397 e. The molecule has 0 aliphatic heterocycles. The Kier molecular flexibility index (Phi) is 1.86. The van der Waals surface area contributed by atoms with Gasteiger partial charge in [-0.3, -0.25) is 10.2 Å². The number of hydrogen-bond acceptors (Lipinski definition) is 3. The van der Waals surface area contributed by atoms with E-state index in [0.717, 1.165) is 0 Å². The number of amidine groups is 1. The van der Waals surface area contributed by atoms with Crippen LogP contribution >= 0.6 is 0 Å². The third-order valence-electron chi connectivity index (χ3n) is 2.85. The van der Waals surface area contributed by atoms with E-state index in [4.69, 9.17) is 11.1 Å². The van der Waals surface area contributed by atoms with Crippen LogP contribution in [0.15, 0.2) is 11.3 Å². The standard InChI is InChI=1S/C9H11F2N3O/c1-3(15)14-8(13)6-4-2-5(4)9(10,11)7(6)12/h4-5H,2,12H2,1H3,(H2,13,14,15)/t4-,5?/m0/s1. The summed E-state index contributed by atoms with van der Waals surface area (Å²) in [5, 5.41) is 9.66. The fraction of sp³-hybridized carbons (Fsp3) is 0.556. The first kappa shape index (κ1) is 10.1. The normalized spacial score (nSPS) is 31.1. The van der Waals surface area contributed by atoms with E-state index < -0.39 is 23.4 Å². The molecule has 0 radical (unpaired) electrons. The number of rotatable bonds is 1. The van der Waals surface area contributed by atoms with E-state index >= 15 is 0 Å². The second kappa shape index (κ2) is 2.77. The highest BCUT2D eigenvalue weighted by atomic mass is 19.3. The quantitative estimate of drug-likeness (QED) is 0.442. The van der Waals surface area contributed by atoms with E-state index in [9.17, 15) is 13.6 Å².